The van der Waals surface area contributed by atoms with Crippen molar-refractivity contribution in [3.63, 3.8) is 0 Å². The molecule has 3 aromatic rings. The van der Waals surface area contributed by atoms with Crippen LogP contribution < -0.4 is 5.32 Å². The zero-order chi connectivity index (χ0) is 20.9. The Hall–Kier alpha value is -3.06. The van der Waals surface area contributed by atoms with E-state index in [1.807, 2.05) is 48.5 Å². The van der Waals surface area contributed by atoms with E-state index in [1.165, 1.54) is 24.3 Å². The molecular weight excluding hydrogens is 396 g/mol. The Bertz CT molecular complexity index is 1080. The van der Waals surface area contributed by atoms with Gasteiger partial charge in [0, 0.05) is 11.3 Å². The van der Waals surface area contributed by atoms with Crippen molar-refractivity contribution in [3.8, 4) is 0 Å². The standard InChI is InChI=1S/C22H19F2NO3S/c23-22(24)29(27,28)15-17-10-12-18(13-11-17)21(26)25-20-9-5-4-8-19(20)14-16-6-2-1-3-7-16/h1-13,22H,14-15H2,(H,25,26). The lowest BCUT2D eigenvalue weighted by atomic mass is 10.0. The number of carbonyl (C=O) groups excluding carboxylic acids is 1. The van der Waals surface area contributed by atoms with Crippen LogP contribution in [0.1, 0.15) is 27.0 Å². The molecule has 0 atom stereocenters. The Morgan fingerprint density at radius 1 is 0.828 bits per heavy atom. The topological polar surface area (TPSA) is 63.2 Å². The Labute approximate surface area is 168 Å². The molecule has 1 N–H and O–H groups in total. The molecule has 29 heavy (non-hydrogen) atoms. The first-order valence-electron chi connectivity index (χ1n) is 8.87. The molecule has 0 unspecified atom stereocenters. The molecule has 4 nitrogen and oxygen atoms in total. The van der Waals surface area contributed by atoms with Crippen LogP contribution in [0.4, 0.5) is 14.5 Å². The average molecular weight is 415 g/mol. The maximum Gasteiger partial charge on any atom is 0.337 e. The SMILES string of the molecule is O=C(Nc1ccccc1Cc1ccccc1)c1ccc(CS(=O)(=O)C(F)F)cc1. The molecule has 0 radical (unpaired) electrons. The summed E-state index contributed by atoms with van der Waals surface area (Å²) in [5, 5.41) is 2.86. The highest BCUT2D eigenvalue weighted by atomic mass is 32.2. The predicted molar refractivity (Wildman–Crippen MR) is 109 cm³/mol. The predicted octanol–water partition coefficient (Wildman–Crippen LogP) is 4.67. The van der Waals surface area contributed by atoms with Gasteiger partial charge in [0.25, 0.3) is 5.91 Å². The summed E-state index contributed by atoms with van der Waals surface area (Å²) in [4.78, 5) is 12.6. The van der Waals surface area contributed by atoms with Crippen LogP contribution in [-0.4, -0.2) is 20.1 Å². The number of hydrogen-bond acceptors (Lipinski definition) is 3. The van der Waals surface area contributed by atoms with Gasteiger partial charge in [-0.2, -0.15) is 8.78 Å². The van der Waals surface area contributed by atoms with E-state index >= 15 is 0 Å². The number of halogens is 2. The molecule has 3 aromatic carbocycles. The van der Waals surface area contributed by atoms with Crippen molar-refractivity contribution in [2.45, 2.75) is 17.9 Å². The van der Waals surface area contributed by atoms with Gasteiger partial charge in [-0.25, -0.2) is 8.42 Å². The van der Waals surface area contributed by atoms with Crippen LogP contribution in [0, 0.1) is 0 Å². The third kappa shape index (κ3) is 5.48. The van der Waals surface area contributed by atoms with E-state index in [9.17, 15) is 22.0 Å². The number of alkyl halides is 2. The Kier molecular flexibility index (Phi) is 6.39. The van der Waals surface area contributed by atoms with Crippen molar-refractivity contribution >= 4 is 21.4 Å². The molecule has 0 saturated carbocycles. The molecule has 0 aliphatic heterocycles. The van der Waals surface area contributed by atoms with E-state index in [2.05, 4.69) is 5.32 Å². The molecule has 1 amide bonds. The number of sulfone groups is 1. The minimum Gasteiger partial charge on any atom is -0.322 e. The van der Waals surface area contributed by atoms with Crippen molar-refractivity contribution in [2.75, 3.05) is 5.32 Å². The van der Waals surface area contributed by atoms with Gasteiger partial charge in [-0.1, -0.05) is 60.7 Å². The van der Waals surface area contributed by atoms with Crippen LogP contribution in [0.3, 0.4) is 0 Å². The summed E-state index contributed by atoms with van der Waals surface area (Å²) in [5.74, 6) is -4.56. The second-order valence-corrected chi connectivity index (χ2v) is 8.51. The molecule has 0 aromatic heterocycles. The zero-order valence-corrected chi connectivity index (χ0v) is 16.2. The summed E-state index contributed by atoms with van der Waals surface area (Å²) in [7, 11) is -4.50. The van der Waals surface area contributed by atoms with Crippen LogP contribution in [0.5, 0.6) is 0 Å². The minimum absolute atomic E-state index is 0.200. The van der Waals surface area contributed by atoms with E-state index < -0.39 is 21.3 Å². The molecule has 0 saturated heterocycles. The lowest BCUT2D eigenvalue weighted by Gasteiger charge is -2.12. The first-order valence-corrected chi connectivity index (χ1v) is 10.6. The van der Waals surface area contributed by atoms with Gasteiger partial charge in [-0.15, -0.1) is 0 Å². The summed E-state index contributed by atoms with van der Waals surface area (Å²) in [6.45, 7) is 0. The molecule has 0 bridgehead atoms. The molecule has 150 valence electrons. The summed E-state index contributed by atoms with van der Waals surface area (Å²) < 4.78 is 47.6. The fraction of sp³-hybridized carbons (Fsp3) is 0.136. The third-order valence-electron chi connectivity index (χ3n) is 4.36. The Morgan fingerprint density at radius 3 is 2.10 bits per heavy atom. The second kappa shape index (κ2) is 8.96. The number of para-hydroxylation sites is 1. The maximum atomic E-state index is 12.6. The molecular formula is C22H19F2NO3S. The van der Waals surface area contributed by atoms with Crippen LogP contribution >= 0.6 is 0 Å². The molecule has 0 aliphatic carbocycles. The van der Waals surface area contributed by atoms with E-state index in [4.69, 9.17) is 0 Å². The molecule has 0 aliphatic rings. The quantitative estimate of drug-likeness (QED) is 0.610. The normalized spacial score (nSPS) is 11.4. The third-order valence-corrected chi connectivity index (χ3v) is 5.64. The van der Waals surface area contributed by atoms with E-state index in [0.717, 1.165) is 11.1 Å². The van der Waals surface area contributed by atoms with Crippen LogP contribution in [0.25, 0.3) is 0 Å². The number of rotatable bonds is 7. The van der Waals surface area contributed by atoms with Gasteiger partial charge in [0.05, 0.1) is 5.75 Å². The smallest absolute Gasteiger partial charge is 0.322 e. The van der Waals surface area contributed by atoms with Crippen molar-refractivity contribution in [1.82, 2.24) is 0 Å². The number of amides is 1. The van der Waals surface area contributed by atoms with Gasteiger partial charge in [0.2, 0.25) is 9.84 Å². The highest BCUT2D eigenvalue weighted by molar-refractivity contribution is 7.90. The first-order chi connectivity index (χ1) is 13.8. The Balaban J connectivity index is 1.72. The monoisotopic (exact) mass is 415 g/mol. The molecule has 3 rings (SSSR count). The summed E-state index contributed by atoms with van der Waals surface area (Å²) in [6.07, 6.45) is 0.654. The van der Waals surface area contributed by atoms with Crippen molar-refractivity contribution in [3.05, 3.63) is 101 Å². The van der Waals surface area contributed by atoms with Gasteiger partial charge in [0.15, 0.2) is 0 Å². The second-order valence-electron chi connectivity index (χ2n) is 6.54. The van der Waals surface area contributed by atoms with Crippen molar-refractivity contribution < 1.29 is 22.0 Å². The molecule has 0 heterocycles. The van der Waals surface area contributed by atoms with Crippen molar-refractivity contribution in [1.29, 1.82) is 0 Å². The average Bonchev–Trinajstić information content (AvgIpc) is 2.70. The number of benzene rings is 3. The lowest BCUT2D eigenvalue weighted by molar-refractivity contribution is 0.102. The zero-order valence-electron chi connectivity index (χ0n) is 15.4. The summed E-state index contributed by atoms with van der Waals surface area (Å²) in [5.41, 5.74) is 3.24. The molecule has 0 fully saturated rings. The van der Waals surface area contributed by atoms with Gasteiger partial charge in [0.1, 0.15) is 0 Å². The number of hydrogen-bond donors (Lipinski definition) is 1. The lowest BCUT2D eigenvalue weighted by Crippen LogP contribution is -2.15. The summed E-state index contributed by atoms with van der Waals surface area (Å²) >= 11 is 0. The molecule has 7 heteroatoms. The number of anilines is 1. The van der Waals surface area contributed by atoms with Gasteiger partial charge >= 0.3 is 5.76 Å². The molecule has 0 spiro atoms. The van der Waals surface area contributed by atoms with Gasteiger partial charge < -0.3 is 5.32 Å². The van der Waals surface area contributed by atoms with E-state index in [0.29, 0.717) is 17.7 Å². The number of carbonyl (C=O) groups is 1. The fourth-order valence-electron chi connectivity index (χ4n) is 2.85. The summed E-state index contributed by atoms with van der Waals surface area (Å²) in [6, 6.07) is 22.9. The Morgan fingerprint density at radius 2 is 1.45 bits per heavy atom. The van der Waals surface area contributed by atoms with E-state index in [-0.39, 0.29) is 11.5 Å². The highest BCUT2D eigenvalue weighted by Gasteiger charge is 2.24. The van der Waals surface area contributed by atoms with E-state index in [1.54, 1.807) is 6.07 Å². The minimum atomic E-state index is -4.50. The van der Waals surface area contributed by atoms with Crippen molar-refractivity contribution in [2.24, 2.45) is 0 Å². The maximum absolute atomic E-state index is 12.6. The fourth-order valence-corrected chi connectivity index (χ4v) is 3.64. The largest absolute Gasteiger partial charge is 0.337 e. The first kappa shape index (κ1) is 20.7. The number of nitrogens with one attached hydrogen (secondary N) is 1. The highest BCUT2D eigenvalue weighted by Crippen LogP contribution is 2.20. The van der Waals surface area contributed by atoms with Crippen LogP contribution in [0.15, 0.2) is 78.9 Å². The van der Waals surface area contributed by atoms with Crippen LogP contribution in [0.2, 0.25) is 0 Å². The van der Waals surface area contributed by atoms with Gasteiger partial charge in [-0.3, -0.25) is 4.79 Å². The van der Waals surface area contributed by atoms with Gasteiger partial charge in [-0.05, 0) is 41.3 Å². The van der Waals surface area contributed by atoms with Crippen LogP contribution in [-0.2, 0) is 22.0 Å².